The van der Waals surface area contributed by atoms with E-state index in [1.807, 2.05) is 25.3 Å². The zero-order valence-electron chi connectivity index (χ0n) is 16.6. The summed E-state index contributed by atoms with van der Waals surface area (Å²) in [6, 6.07) is 12.5. The minimum Gasteiger partial charge on any atom is -0.344 e. The summed E-state index contributed by atoms with van der Waals surface area (Å²) in [7, 11) is 0. The molecular weight excluding hydrogens is 370 g/mol. The maximum atomic E-state index is 12.6. The smallest absolute Gasteiger partial charge is 0.227 e. The van der Waals surface area contributed by atoms with E-state index in [-0.39, 0.29) is 17.9 Å². The SMILES string of the molecule is CCCc1ccc(C(NC(=O)CCc2nc(C(C)C)no2)c2cccs2)cc1. The number of nitrogens with one attached hydrogen (secondary N) is 1. The van der Waals surface area contributed by atoms with Crippen LogP contribution in [0.5, 0.6) is 0 Å². The maximum absolute atomic E-state index is 12.6. The summed E-state index contributed by atoms with van der Waals surface area (Å²) in [4.78, 5) is 18.1. The number of amides is 1. The standard InChI is InChI=1S/C22H27N3O2S/c1-4-6-16-8-10-17(11-9-16)21(18-7-5-14-28-18)23-19(26)12-13-20-24-22(15(2)3)25-27-20/h5,7-11,14-15,21H,4,6,12-13H2,1-3H3,(H,23,26). The van der Waals surface area contributed by atoms with Gasteiger partial charge < -0.3 is 9.84 Å². The number of thiophene rings is 1. The molecule has 148 valence electrons. The summed E-state index contributed by atoms with van der Waals surface area (Å²) in [5.41, 5.74) is 2.41. The number of hydrogen-bond acceptors (Lipinski definition) is 5. The van der Waals surface area contributed by atoms with Crippen molar-refractivity contribution in [3.05, 3.63) is 69.5 Å². The molecule has 0 aliphatic carbocycles. The summed E-state index contributed by atoms with van der Waals surface area (Å²) in [6.45, 7) is 6.20. The van der Waals surface area contributed by atoms with E-state index in [0.717, 1.165) is 23.3 Å². The van der Waals surface area contributed by atoms with Crippen molar-refractivity contribution < 1.29 is 9.32 Å². The molecule has 0 aliphatic rings. The Hall–Kier alpha value is -2.47. The van der Waals surface area contributed by atoms with Crippen LogP contribution < -0.4 is 5.32 Å². The Bertz CT molecular complexity index is 870. The van der Waals surface area contributed by atoms with Crippen molar-refractivity contribution in [2.24, 2.45) is 0 Å². The molecule has 1 unspecified atom stereocenters. The van der Waals surface area contributed by atoms with E-state index in [0.29, 0.717) is 24.6 Å². The summed E-state index contributed by atoms with van der Waals surface area (Å²) in [5.74, 6) is 1.38. The van der Waals surface area contributed by atoms with E-state index >= 15 is 0 Å². The highest BCUT2D eigenvalue weighted by Crippen LogP contribution is 2.26. The second-order valence-electron chi connectivity index (χ2n) is 7.21. The second-order valence-corrected chi connectivity index (χ2v) is 8.19. The Labute approximate surface area is 170 Å². The van der Waals surface area contributed by atoms with Crippen LogP contribution >= 0.6 is 11.3 Å². The first kappa shape index (κ1) is 20.3. The lowest BCUT2D eigenvalue weighted by Gasteiger charge is -2.18. The summed E-state index contributed by atoms with van der Waals surface area (Å²) >= 11 is 1.65. The molecule has 1 amide bonds. The van der Waals surface area contributed by atoms with Crippen LogP contribution in [0.1, 0.15) is 73.3 Å². The number of carbonyl (C=O) groups is 1. The highest BCUT2D eigenvalue weighted by atomic mass is 32.1. The fraction of sp³-hybridized carbons (Fsp3) is 0.409. The highest BCUT2D eigenvalue weighted by Gasteiger charge is 2.19. The lowest BCUT2D eigenvalue weighted by Crippen LogP contribution is -2.29. The first-order valence-corrected chi connectivity index (χ1v) is 10.7. The molecular formula is C22H27N3O2S. The number of benzene rings is 1. The minimum atomic E-state index is -0.142. The van der Waals surface area contributed by atoms with E-state index in [1.54, 1.807) is 11.3 Å². The van der Waals surface area contributed by atoms with Crippen molar-refractivity contribution in [3.63, 3.8) is 0 Å². The third-order valence-electron chi connectivity index (χ3n) is 4.55. The van der Waals surface area contributed by atoms with Gasteiger partial charge in [0.05, 0.1) is 6.04 Å². The molecule has 3 aromatic rings. The number of aryl methyl sites for hydroxylation is 2. The molecule has 5 nitrogen and oxygen atoms in total. The van der Waals surface area contributed by atoms with Crippen LogP contribution in [0.3, 0.4) is 0 Å². The van der Waals surface area contributed by atoms with E-state index < -0.39 is 0 Å². The van der Waals surface area contributed by atoms with Crippen LogP contribution in [0.25, 0.3) is 0 Å². The van der Waals surface area contributed by atoms with Crippen molar-refractivity contribution >= 4 is 17.2 Å². The topological polar surface area (TPSA) is 68.0 Å². The van der Waals surface area contributed by atoms with E-state index in [9.17, 15) is 4.79 Å². The molecule has 0 radical (unpaired) electrons. The van der Waals surface area contributed by atoms with Gasteiger partial charge in [-0.15, -0.1) is 11.3 Å². The number of hydrogen-bond donors (Lipinski definition) is 1. The van der Waals surface area contributed by atoms with Gasteiger partial charge in [0.1, 0.15) is 0 Å². The minimum absolute atomic E-state index is 0.0275. The lowest BCUT2D eigenvalue weighted by atomic mass is 10.0. The van der Waals surface area contributed by atoms with E-state index in [4.69, 9.17) is 4.52 Å². The Morgan fingerprint density at radius 2 is 1.96 bits per heavy atom. The van der Waals surface area contributed by atoms with Gasteiger partial charge in [0, 0.05) is 23.6 Å². The Morgan fingerprint density at radius 1 is 1.18 bits per heavy atom. The van der Waals surface area contributed by atoms with Gasteiger partial charge in [-0.05, 0) is 29.0 Å². The number of carbonyl (C=O) groups excluding carboxylic acids is 1. The molecule has 1 aromatic carbocycles. The Morgan fingerprint density at radius 3 is 2.57 bits per heavy atom. The van der Waals surface area contributed by atoms with Gasteiger partial charge in [-0.3, -0.25) is 4.79 Å². The number of aromatic nitrogens is 2. The molecule has 0 fully saturated rings. The average Bonchev–Trinajstić information content (AvgIpc) is 3.37. The highest BCUT2D eigenvalue weighted by molar-refractivity contribution is 7.10. The molecule has 0 saturated carbocycles. The number of nitrogens with zero attached hydrogens (tertiary/aromatic N) is 2. The normalized spacial score (nSPS) is 12.3. The zero-order valence-corrected chi connectivity index (χ0v) is 17.5. The maximum Gasteiger partial charge on any atom is 0.227 e. The van der Waals surface area contributed by atoms with E-state index in [2.05, 4.69) is 52.7 Å². The van der Waals surface area contributed by atoms with Gasteiger partial charge in [-0.1, -0.05) is 62.7 Å². The summed E-state index contributed by atoms with van der Waals surface area (Å²) < 4.78 is 5.24. The molecule has 0 aliphatic heterocycles. The summed E-state index contributed by atoms with van der Waals surface area (Å²) in [6.07, 6.45) is 2.95. The molecule has 6 heteroatoms. The summed E-state index contributed by atoms with van der Waals surface area (Å²) in [5, 5.41) is 9.15. The van der Waals surface area contributed by atoms with Crippen molar-refractivity contribution in [3.8, 4) is 0 Å². The molecule has 1 atom stereocenters. The van der Waals surface area contributed by atoms with Crippen molar-refractivity contribution in [1.82, 2.24) is 15.5 Å². The van der Waals surface area contributed by atoms with Gasteiger partial charge in [0.2, 0.25) is 11.8 Å². The Kier molecular flexibility index (Phi) is 6.98. The zero-order chi connectivity index (χ0) is 19.9. The molecule has 2 aromatic heterocycles. The number of rotatable bonds is 9. The molecule has 1 N–H and O–H groups in total. The van der Waals surface area contributed by atoms with Gasteiger partial charge in [0.15, 0.2) is 5.82 Å². The molecule has 0 bridgehead atoms. The van der Waals surface area contributed by atoms with Gasteiger partial charge in [0.25, 0.3) is 0 Å². The molecule has 3 rings (SSSR count). The second kappa shape index (κ2) is 9.64. The molecule has 0 spiro atoms. The van der Waals surface area contributed by atoms with Crippen LogP contribution in [0.15, 0.2) is 46.3 Å². The van der Waals surface area contributed by atoms with Crippen LogP contribution in [-0.4, -0.2) is 16.0 Å². The predicted octanol–water partition coefficient (Wildman–Crippen LogP) is 5.05. The van der Waals surface area contributed by atoms with Crippen molar-refractivity contribution in [2.45, 2.75) is 58.4 Å². The largest absolute Gasteiger partial charge is 0.344 e. The molecule has 2 heterocycles. The van der Waals surface area contributed by atoms with Crippen LogP contribution in [0.4, 0.5) is 0 Å². The fourth-order valence-corrected chi connectivity index (χ4v) is 3.80. The fourth-order valence-electron chi connectivity index (χ4n) is 3.00. The van der Waals surface area contributed by atoms with Gasteiger partial charge in [-0.2, -0.15) is 4.98 Å². The monoisotopic (exact) mass is 397 g/mol. The van der Waals surface area contributed by atoms with Crippen molar-refractivity contribution in [1.29, 1.82) is 0 Å². The van der Waals surface area contributed by atoms with Crippen LogP contribution in [0, 0.1) is 0 Å². The predicted molar refractivity (Wildman–Crippen MR) is 111 cm³/mol. The van der Waals surface area contributed by atoms with E-state index in [1.165, 1.54) is 5.56 Å². The van der Waals surface area contributed by atoms with Gasteiger partial charge >= 0.3 is 0 Å². The van der Waals surface area contributed by atoms with Crippen LogP contribution in [0.2, 0.25) is 0 Å². The first-order valence-electron chi connectivity index (χ1n) is 9.81. The van der Waals surface area contributed by atoms with Crippen LogP contribution in [-0.2, 0) is 17.6 Å². The quantitative estimate of drug-likeness (QED) is 0.549. The van der Waals surface area contributed by atoms with Crippen molar-refractivity contribution in [2.75, 3.05) is 0 Å². The van der Waals surface area contributed by atoms with Gasteiger partial charge in [-0.25, -0.2) is 0 Å². The average molecular weight is 398 g/mol. The molecule has 28 heavy (non-hydrogen) atoms. The third-order valence-corrected chi connectivity index (χ3v) is 5.49. The first-order chi connectivity index (χ1) is 13.6. The lowest BCUT2D eigenvalue weighted by molar-refractivity contribution is -0.121. The molecule has 0 saturated heterocycles. The Balaban J connectivity index is 1.66. The third kappa shape index (κ3) is 5.29.